The van der Waals surface area contributed by atoms with Crippen LogP contribution in [0.4, 0.5) is 0 Å². The van der Waals surface area contributed by atoms with E-state index in [9.17, 15) is 14.4 Å². The molecular weight excluding hydrogens is 508 g/mol. The molecule has 3 unspecified atom stereocenters. The summed E-state index contributed by atoms with van der Waals surface area (Å²) in [5.74, 6) is -0.481. The van der Waals surface area contributed by atoms with E-state index in [0.717, 1.165) is 48.2 Å². The Kier molecular flexibility index (Phi) is 9.81. The van der Waals surface area contributed by atoms with Crippen LogP contribution in [-0.4, -0.2) is 81.0 Å². The van der Waals surface area contributed by atoms with Crippen LogP contribution in [0.3, 0.4) is 0 Å². The first-order valence-corrected chi connectivity index (χ1v) is 14.0. The minimum absolute atomic E-state index is 0.0241. The molecule has 2 aromatic rings. The van der Waals surface area contributed by atoms with Crippen LogP contribution in [0.25, 0.3) is 11.0 Å². The Morgan fingerprint density at radius 2 is 2.05 bits per heavy atom. The molecule has 2 aliphatic rings. The highest BCUT2D eigenvalue weighted by Crippen LogP contribution is 2.30. The zero-order valence-electron chi connectivity index (χ0n) is 23.5. The predicted molar refractivity (Wildman–Crippen MR) is 154 cm³/mol. The van der Waals surface area contributed by atoms with Crippen LogP contribution in [-0.2, 0) is 28.0 Å². The van der Waals surface area contributed by atoms with E-state index in [1.807, 2.05) is 55.3 Å². The van der Waals surface area contributed by atoms with E-state index in [4.69, 9.17) is 5.73 Å². The molecule has 1 aromatic heterocycles. The molecule has 214 valence electrons. The minimum atomic E-state index is -0.852. The van der Waals surface area contributed by atoms with E-state index in [2.05, 4.69) is 27.3 Å². The van der Waals surface area contributed by atoms with Gasteiger partial charge in [-0.1, -0.05) is 23.4 Å². The summed E-state index contributed by atoms with van der Waals surface area (Å²) in [6.07, 6.45) is 9.28. The van der Waals surface area contributed by atoms with Crippen LogP contribution in [0.15, 0.2) is 47.1 Å². The lowest BCUT2D eigenvalue weighted by Gasteiger charge is -2.27. The molecule has 3 atom stereocenters. The van der Waals surface area contributed by atoms with E-state index in [0.29, 0.717) is 25.9 Å². The van der Waals surface area contributed by atoms with E-state index >= 15 is 0 Å². The lowest BCUT2D eigenvalue weighted by molar-refractivity contribution is -0.140. The van der Waals surface area contributed by atoms with Gasteiger partial charge in [-0.3, -0.25) is 19.4 Å². The normalized spacial score (nSPS) is 20.4. The van der Waals surface area contributed by atoms with Crippen LogP contribution in [0.2, 0.25) is 0 Å². The third-order valence-corrected chi connectivity index (χ3v) is 7.74. The minimum Gasteiger partial charge on any atom is -0.350 e. The Morgan fingerprint density at radius 1 is 1.27 bits per heavy atom. The zero-order valence-corrected chi connectivity index (χ0v) is 23.5. The van der Waals surface area contributed by atoms with Gasteiger partial charge in [0.1, 0.15) is 11.6 Å². The number of carbonyl (C=O) groups is 3. The predicted octanol–water partition coefficient (Wildman–Crippen LogP) is 2.08. The number of amides is 3. The Bertz CT molecular complexity index is 1290. The van der Waals surface area contributed by atoms with Gasteiger partial charge in [-0.05, 0) is 75.4 Å². The number of carbonyl (C=O) groups excluding carboxylic acids is 3. The van der Waals surface area contributed by atoms with Crippen LogP contribution >= 0.6 is 0 Å². The third-order valence-electron chi connectivity index (χ3n) is 7.74. The number of likely N-dealkylation sites (tertiary alicyclic amines) is 2. The lowest BCUT2D eigenvalue weighted by Crippen LogP contribution is -2.51. The smallest absolute Gasteiger partial charge is 0.243 e. The summed E-state index contributed by atoms with van der Waals surface area (Å²) >= 11 is 0. The Morgan fingerprint density at radius 3 is 2.77 bits per heavy atom. The first-order chi connectivity index (χ1) is 19.3. The number of benzene rings is 1. The maximum atomic E-state index is 13.5. The largest absolute Gasteiger partial charge is 0.350 e. The number of aromatic nitrogens is 3. The number of allylic oxidation sites excluding steroid dienone is 4. The van der Waals surface area contributed by atoms with Crippen LogP contribution in [0.5, 0.6) is 0 Å². The SMILES string of the molecule is C=N/C(=C\C=C/C)CC1CC(C(=O)NCc2ccc3c(c2)nnn3C)N(C(=O)C(N)CCC(=O)N2CCCC2)C1. The summed E-state index contributed by atoms with van der Waals surface area (Å²) in [6, 6.07) is 4.22. The Balaban J connectivity index is 1.43. The van der Waals surface area contributed by atoms with Gasteiger partial charge in [0.2, 0.25) is 17.7 Å². The molecule has 11 heteroatoms. The maximum Gasteiger partial charge on any atom is 0.243 e. The van der Waals surface area contributed by atoms with Gasteiger partial charge in [0.15, 0.2) is 0 Å². The average molecular weight is 549 g/mol. The number of rotatable bonds is 11. The van der Waals surface area contributed by atoms with Crippen LogP contribution in [0, 0.1) is 5.92 Å². The fourth-order valence-corrected chi connectivity index (χ4v) is 5.49. The number of nitrogens with zero attached hydrogens (tertiary/aromatic N) is 6. The highest BCUT2D eigenvalue weighted by atomic mass is 16.2. The molecule has 3 N–H and O–H groups in total. The second-order valence-corrected chi connectivity index (χ2v) is 10.6. The molecule has 0 spiro atoms. The average Bonchev–Trinajstić information content (AvgIpc) is 3.73. The van der Waals surface area contributed by atoms with E-state index in [1.54, 1.807) is 9.58 Å². The second-order valence-electron chi connectivity index (χ2n) is 10.6. The monoisotopic (exact) mass is 548 g/mol. The summed E-state index contributed by atoms with van der Waals surface area (Å²) in [7, 11) is 1.83. The molecule has 0 saturated carbocycles. The van der Waals surface area contributed by atoms with Gasteiger partial charge in [-0.2, -0.15) is 0 Å². The number of aliphatic imine (C=N–C) groups is 1. The van der Waals surface area contributed by atoms with Crippen molar-refractivity contribution >= 4 is 35.5 Å². The van der Waals surface area contributed by atoms with E-state index in [1.165, 1.54) is 0 Å². The molecule has 11 nitrogen and oxygen atoms in total. The molecule has 1 aromatic carbocycles. The van der Waals surface area contributed by atoms with Crippen molar-refractivity contribution in [2.24, 2.45) is 23.7 Å². The van der Waals surface area contributed by atoms with Crippen molar-refractivity contribution in [3.63, 3.8) is 0 Å². The molecule has 0 radical (unpaired) electrons. The highest BCUT2D eigenvalue weighted by molar-refractivity contribution is 5.91. The van der Waals surface area contributed by atoms with Gasteiger partial charge in [-0.15, -0.1) is 5.10 Å². The van der Waals surface area contributed by atoms with Gasteiger partial charge in [0, 0.05) is 45.3 Å². The van der Waals surface area contributed by atoms with Crippen molar-refractivity contribution in [2.75, 3.05) is 19.6 Å². The second kappa shape index (κ2) is 13.5. The van der Waals surface area contributed by atoms with Crippen molar-refractivity contribution in [3.8, 4) is 0 Å². The Hall–Kier alpha value is -3.86. The fraction of sp³-hybridized carbons (Fsp3) is 0.517. The van der Waals surface area contributed by atoms with Crippen molar-refractivity contribution in [3.05, 3.63) is 47.7 Å². The van der Waals surface area contributed by atoms with Crippen molar-refractivity contribution in [1.29, 1.82) is 0 Å². The van der Waals surface area contributed by atoms with Gasteiger partial charge >= 0.3 is 0 Å². The maximum absolute atomic E-state index is 13.5. The van der Waals surface area contributed by atoms with Gasteiger partial charge in [0.05, 0.1) is 11.6 Å². The standard InChI is InChI=1S/C29H40N8O3/c1-4-5-8-22(31-2)15-21-17-26(28(39)32-18-20-9-11-25-24(16-20)33-34-35(25)3)37(19-21)29(40)23(30)10-12-27(38)36-13-6-7-14-36/h4-5,8-9,11,16,21,23,26H,2,6-7,10,12-15,17-19,30H2,1,3H3,(H,32,39)/b5-4-,22-8-. The molecule has 3 heterocycles. The molecule has 4 rings (SSSR count). The first-order valence-electron chi connectivity index (χ1n) is 14.0. The highest BCUT2D eigenvalue weighted by Gasteiger charge is 2.41. The summed E-state index contributed by atoms with van der Waals surface area (Å²) in [4.78, 5) is 47.0. The number of nitrogens with one attached hydrogen (secondary N) is 1. The van der Waals surface area contributed by atoms with Crippen molar-refractivity contribution in [1.82, 2.24) is 30.1 Å². The number of hydrogen-bond donors (Lipinski definition) is 2. The summed E-state index contributed by atoms with van der Waals surface area (Å²) < 4.78 is 1.69. The molecule has 2 saturated heterocycles. The number of nitrogens with two attached hydrogens (primary N) is 1. The summed E-state index contributed by atoms with van der Waals surface area (Å²) in [6.45, 7) is 7.81. The topological polar surface area (TPSA) is 139 Å². The molecule has 0 bridgehead atoms. The first kappa shape index (κ1) is 29.1. The molecule has 2 aliphatic heterocycles. The lowest BCUT2D eigenvalue weighted by atomic mass is 9.99. The summed E-state index contributed by atoms with van der Waals surface area (Å²) in [5, 5.41) is 11.2. The molecule has 40 heavy (non-hydrogen) atoms. The van der Waals surface area contributed by atoms with Crippen LogP contribution in [0.1, 0.15) is 51.0 Å². The molecule has 2 fully saturated rings. The van der Waals surface area contributed by atoms with E-state index in [-0.39, 0.29) is 36.5 Å². The van der Waals surface area contributed by atoms with Gasteiger partial charge in [0.25, 0.3) is 0 Å². The third kappa shape index (κ3) is 7.01. The summed E-state index contributed by atoms with van der Waals surface area (Å²) in [5.41, 5.74) is 9.65. The Labute approximate surface area is 235 Å². The number of fused-ring (bicyclic) bond motifs is 1. The fourth-order valence-electron chi connectivity index (χ4n) is 5.49. The molecule has 3 amide bonds. The van der Waals surface area contributed by atoms with E-state index < -0.39 is 12.1 Å². The quantitative estimate of drug-likeness (QED) is 0.326. The zero-order chi connectivity index (χ0) is 28.6. The van der Waals surface area contributed by atoms with Gasteiger partial charge in [-0.25, -0.2) is 4.68 Å². The number of hydrogen-bond acceptors (Lipinski definition) is 7. The van der Waals surface area contributed by atoms with Crippen LogP contribution < -0.4 is 11.1 Å². The van der Waals surface area contributed by atoms with Crippen molar-refractivity contribution in [2.45, 2.75) is 64.1 Å². The van der Waals surface area contributed by atoms with Gasteiger partial charge < -0.3 is 20.9 Å². The number of aryl methyl sites for hydroxylation is 1. The van der Waals surface area contributed by atoms with Crippen molar-refractivity contribution < 1.29 is 14.4 Å². The molecular formula is C29H40N8O3. The molecule has 0 aliphatic carbocycles.